The summed E-state index contributed by atoms with van der Waals surface area (Å²) in [4.78, 5) is 0. The van der Waals surface area contributed by atoms with Crippen molar-refractivity contribution in [3.63, 3.8) is 0 Å². The molecule has 3 atom stereocenters. The second kappa shape index (κ2) is 16.5. The lowest BCUT2D eigenvalue weighted by Crippen LogP contribution is -2.32. The van der Waals surface area contributed by atoms with Crippen molar-refractivity contribution in [3.8, 4) is 0 Å². The number of allylic oxidation sites excluding steroid dienone is 1. The number of benzene rings is 2. The summed E-state index contributed by atoms with van der Waals surface area (Å²) < 4.78 is 0. The lowest BCUT2D eigenvalue weighted by atomic mass is 9.60. The molecule has 1 fully saturated rings. The second-order valence-corrected chi connectivity index (χ2v) is 10.0. The van der Waals surface area contributed by atoms with E-state index in [1.165, 1.54) is 74.5 Å². The van der Waals surface area contributed by atoms with Gasteiger partial charge in [-0.2, -0.15) is 0 Å². The third-order valence-corrected chi connectivity index (χ3v) is 7.29. The Balaban J connectivity index is 0.000000402. The van der Waals surface area contributed by atoms with Crippen molar-refractivity contribution in [3.05, 3.63) is 90.0 Å². The molecule has 0 saturated heterocycles. The third kappa shape index (κ3) is 9.65. The van der Waals surface area contributed by atoms with E-state index >= 15 is 0 Å². The summed E-state index contributed by atoms with van der Waals surface area (Å²) in [5.74, 6) is 1.68. The Morgan fingerprint density at radius 2 is 1.62 bits per heavy atom. The van der Waals surface area contributed by atoms with Gasteiger partial charge in [0.1, 0.15) is 0 Å². The average Bonchev–Trinajstić information content (AvgIpc) is 2.85. The summed E-state index contributed by atoms with van der Waals surface area (Å²) >= 11 is 0. The molecule has 1 aliphatic rings. The second-order valence-electron chi connectivity index (χ2n) is 10.0. The van der Waals surface area contributed by atoms with E-state index in [0.29, 0.717) is 5.41 Å². The maximum Gasteiger partial charge on any atom is -0.0154 e. The van der Waals surface area contributed by atoms with Crippen LogP contribution in [-0.2, 0) is 0 Å². The first-order valence-corrected chi connectivity index (χ1v) is 13.8. The van der Waals surface area contributed by atoms with Gasteiger partial charge in [-0.1, -0.05) is 120 Å². The molecule has 2 aromatic carbocycles. The standard InChI is InChI=1S/C22H34.C10H12.C2H6/c1-4-7-15-22(14-6-3)17-19(11-5-2)16-21(18-22)20-12-9-8-10-13-20;1-4-10-6-5-8(2)7-9(10)3;1-2/h4,8-10,12-13,19,21H,1,5-7,11,14-18H2,2-3H3;4-7H,1H2,2-3H3;1-2H3. The van der Waals surface area contributed by atoms with Gasteiger partial charge in [0.15, 0.2) is 0 Å². The minimum atomic E-state index is 0.557. The highest BCUT2D eigenvalue weighted by Crippen LogP contribution is 2.52. The molecule has 0 radical (unpaired) electrons. The van der Waals surface area contributed by atoms with Crippen LogP contribution in [0.2, 0.25) is 0 Å². The maximum atomic E-state index is 3.97. The Bertz CT molecular complexity index is 815. The lowest BCUT2D eigenvalue weighted by Gasteiger charge is -2.45. The summed E-state index contributed by atoms with van der Waals surface area (Å²) in [5.41, 5.74) is 5.97. The van der Waals surface area contributed by atoms with Crippen LogP contribution in [0.5, 0.6) is 0 Å². The van der Waals surface area contributed by atoms with Crippen LogP contribution in [0, 0.1) is 25.2 Å². The lowest BCUT2D eigenvalue weighted by molar-refractivity contribution is 0.0924. The number of hydrogen-bond acceptors (Lipinski definition) is 0. The Hall–Kier alpha value is -2.08. The first kappa shape index (κ1) is 30.0. The van der Waals surface area contributed by atoms with Crippen LogP contribution in [0.3, 0.4) is 0 Å². The van der Waals surface area contributed by atoms with Crippen molar-refractivity contribution in [2.45, 2.75) is 105 Å². The van der Waals surface area contributed by atoms with Crippen molar-refractivity contribution in [1.82, 2.24) is 0 Å². The maximum absolute atomic E-state index is 3.97. The van der Waals surface area contributed by atoms with E-state index in [-0.39, 0.29) is 0 Å². The summed E-state index contributed by atoms with van der Waals surface area (Å²) in [5, 5.41) is 0. The van der Waals surface area contributed by atoms with Crippen LogP contribution in [-0.4, -0.2) is 0 Å². The molecule has 0 heterocycles. The van der Waals surface area contributed by atoms with Crippen molar-refractivity contribution in [2.24, 2.45) is 11.3 Å². The quantitative estimate of drug-likeness (QED) is 0.326. The predicted octanol–water partition coefficient (Wildman–Crippen LogP) is 11.1. The fourth-order valence-electron chi connectivity index (χ4n) is 5.92. The van der Waals surface area contributed by atoms with Crippen molar-refractivity contribution in [1.29, 1.82) is 0 Å². The zero-order valence-corrected chi connectivity index (χ0v) is 23.2. The Labute approximate surface area is 212 Å². The van der Waals surface area contributed by atoms with Gasteiger partial charge in [-0.3, -0.25) is 0 Å². The van der Waals surface area contributed by atoms with Crippen molar-refractivity contribution in [2.75, 3.05) is 0 Å². The SMILES string of the molecule is C=CCCC1(CCC)CC(CCC)CC(c2ccccc2)C1.C=Cc1ccc(C)cc1C.CC. The third-order valence-electron chi connectivity index (χ3n) is 7.29. The molecule has 0 N–H and O–H groups in total. The van der Waals surface area contributed by atoms with E-state index in [1.54, 1.807) is 5.56 Å². The van der Waals surface area contributed by atoms with Gasteiger partial charge in [-0.25, -0.2) is 0 Å². The highest BCUT2D eigenvalue weighted by Gasteiger charge is 2.39. The molecular formula is C34H52. The van der Waals surface area contributed by atoms with Gasteiger partial charge < -0.3 is 0 Å². The molecule has 34 heavy (non-hydrogen) atoms. The Morgan fingerprint density at radius 3 is 2.18 bits per heavy atom. The van der Waals surface area contributed by atoms with Gasteiger partial charge in [-0.15, -0.1) is 6.58 Å². The van der Waals surface area contributed by atoms with Gasteiger partial charge in [-0.05, 0) is 86.3 Å². The first-order chi connectivity index (χ1) is 16.5. The largest absolute Gasteiger partial charge is 0.103 e. The van der Waals surface area contributed by atoms with Gasteiger partial charge >= 0.3 is 0 Å². The molecule has 0 amide bonds. The summed E-state index contributed by atoms with van der Waals surface area (Å²) in [6.45, 7) is 20.6. The Kier molecular flexibility index (Phi) is 14.6. The zero-order chi connectivity index (χ0) is 25.4. The van der Waals surface area contributed by atoms with Crippen LogP contribution in [0.25, 0.3) is 6.08 Å². The molecule has 3 unspecified atom stereocenters. The fourth-order valence-corrected chi connectivity index (χ4v) is 5.92. The molecular weight excluding hydrogens is 408 g/mol. The van der Waals surface area contributed by atoms with E-state index < -0.39 is 0 Å². The van der Waals surface area contributed by atoms with Crippen molar-refractivity contribution >= 4 is 6.08 Å². The predicted molar refractivity (Wildman–Crippen MR) is 156 cm³/mol. The highest BCUT2D eigenvalue weighted by atomic mass is 14.4. The van der Waals surface area contributed by atoms with Gasteiger partial charge in [0, 0.05) is 0 Å². The minimum absolute atomic E-state index is 0.557. The molecule has 2 aromatic rings. The molecule has 188 valence electrons. The van der Waals surface area contributed by atoms with Gasteiger partial charge in [0.2, 0.25) is 0 Å². The first-order valence-electron chi connectivity index (χ1n) is 13.8. The number of hydrogen-bond donors (Lipinski definition) is 0. The summed E-state index contributed by atoms with van der Waals surface area (Å²) in [6.07, 6.45) is 16.2. The Morgan fingerprint density at radius 1 is 0.912 bits per heavy atom. The molecule has 1 aliphatic carbocycles. The molecule has 0 nitrogen and oxygen atoms in total. The molecule has 0 spiro atoms. The molecule has 0 heteroatoms. The monoisotopic (exact) mass is 460 g/mol. The summed E-state index contributed by atoms with van der Waals surface area (Å²) in [6, 6.07) is 17.6. The van der Waals surface area contributed by atoms with Crippen LogP contribution in [0.15, 0.2) is 67.8 Å². The van der Waals surface area contributed by atoms with Crippen LogP contribution < -0.4 is 0 Å². The fraction of sp³-hybridized carbons (Fsp3) is 0.529. The molecule has 0 aromatic heterocycles. The van der Waals surface area contributed by atoms with Gasteiger partial charge in [0.25, 0.3) is 0 Å². The molecule has 3 rings (SSSR count). The minimum Gasteiger partial charge on any atom is -0.103 e. The number of rotatable bonds is 9. The zero-order valence-electron chi connectivity index (χ0n) is 23.2. The average molecular weight is 461 g/mol. The van der Waals surface area contributed by atoms with Crippen LogP contribution in [0.1, 0.15) is 114 Å². The molecule has 1 saturated carbocycles. The van der Waals surface area contributed by atoms with Crippen LogP contribution >= 0.6 is 0 Å². The molecule has 0 bridgehead atoms. The normalized spacial score (nSPS) is 21.4. The van der Waals surface area contributed by atoms with E-state index in [1.807, 2.05) is 19.9 Å². The van der Waals surface area contributed by atoms with E-state index in [2.05, 4.69) is 95.5 Å². The van der Waals surface area contributed by atoms with Crippen LogP contribution in [0.4, 0.5) is 0 Å². The number of aryl methyl sites for hydroxylation is 2. The van der Waals surface area contributed by atoms with E-state index in [4.69, 9.17) is 0 Å². The van der Waals surface area contributed by atoms with E-state index in [9.17, 15) is 0 Å². The highest BCUT2D eigenvalue weighted by molar-refractivity contribution is 5.52. The van der Waals surface area contributed by atoms with Gasteiger partial charge in [0.05, 0.1) is 0 Å². The van der Waals surface area contributed by atoms with Crippen molar-refractivity contribution < 1.29 is 0 Å². The smallest absolute Gasteiger partial charge is 0.0154 e. The summed E-state index contributed by atoms with van der Waals surface area (Å²) in [7, 11) is 0. The van der Waals surface area contributed by atoms with E-state index in [0.717, 1.165) is 11.8 Å². The molecule has 0 aliphatic heterocycles. The topological polar surface area (TPSA) is 0 Å².